The van der Waals surface area contributed by atoms with Crippen LogP contribution in [0.2, 0.25) is 0 Å². The maximum absolute atomic E-state index is 12.2. The van der Waals surface area contributed by atoms with Crippen LogP contribution in [0.3, 0.4) is 0 Å². The Labute approximate surface area is 78.0 Å². The molecule has 0 aliphatic carbocycles. The Morgan fingerprint density at radius 2 is 1.93 bits per heavy atom. The number of carbonyl (C=O) groups is 3. The molecule has 0 spiro atoms. The second-order valence-corrected chi connectivity index (χ2v) is 2.87. The fraction of sp³-hybridized carbons (Fsp3) is 0.571. The van der Waals surface area contributed by atoms with Crippen LogP contribution in [-0.4, -0.2) is 35.2 Å². The number of rotatable bonds is 2. The summed E-state index contributed by atoms with van der Waals surface area (Å²) >= 11 is 0. The maximum atomic E-state index is 12.2. The van der Waals surface area contributed by atoms with Gasteiger partial charge in [0.1, 0.15) is 6.42 Å². The zero-order valence-electron chi connectivity index (χ0n) is 7.29. The highest BCUT2D eigenvalue weighted by molar-refractivity contribution is 6.14. The SMILES string of the molecule is CC(C(F)F)N1C(=O)CC(=O)NC1=O. The second-order valence-electron chi connectivity index (χ2n) is 2.87. The van der Waals surface area contributed by atoms with E-state index in [9.17, 15) is 23.2 Å². The van der Waals surface area contributed by atoms with E-state index in [1.54, 1.807) is 5.32 Å². The summed E-state index contributed by atoms with van der Waals surface area (Å²) in [6.45, 7) is 1.04. The molecule has 1 aliphatic rings. The molecule has 0 aromatic rings. The molecule has 78 valence electrons. The Bertz CT molecular complexity index is 273. The van der Waals surface area contributed by atoms with Crippen LogP contribution in [0.4, 0.5) is 13.6 Å². The standard InChI is InChI=1S/C7H8F2N2O3/c1-3(6(8)9)11-5(13)2-4(12)10-7(11)14/h3,6H,2H2,1H3,(H,10,12,14). The van der Waals surface area contributed by atoms with Crippen molar-refractivity contribution in [1.29, 1.82) is 0 Å². The molecule has 4 amide bonds. The molecule has 1 N–H and O–H groups in total. The highest BCUT2D eigenvalue weighted by Crippen LogP contribution is 2.13. The van der Waals surface area contributed by atoms with Gasteiger partial charge >= 0.3 is 6.03 Å². The van der Waals surface area contributed by atoms with E-state index >= 15 is 0 Å². The largest absolute Gasteiger partial charge is 0.331 e. The van der Waals surface area contributed by atoms with E-state index in [0.717, 1.165) is 6.92 Å². The smallest absolute Gasteiger partial charge is 0.277 e. The van der Waals surface area contributed by atoms with Crippen molar-refractivity contribution in [3.63, 3.8) is 0 Å². The fourth-order valence-electron chi connectivity index (χ4n) is 1.08. The monoisotopic (exact) mass is 206 g/mol. The van der Waals surface area contributed by atoms with Crippen LogP contribution in [0.5, 0.6) is 0 Å². The predicted octanol–water partition coefficient (Wildman–Crippen LogP) is 0.109. The molecule has 1 saturated heterocycles. The van der Waals surface area contributed by atoms with E-state index in [-0.39, 0.29) is 0 Å². The number of hydrogen-bond acceptors (Lipinski definition) is 3. The van der Waals surface area contributed by atoms with E-state index < -0.39 is 36.7 Å². The molecule has 5 nitrogen and oxygen atoms in total. The fourth-order valence-corrected chi connectivity index (χ4v) is 1.08. The van der Waals surface area contributed by atoms with Crippen LogP contribution in [0.25, 0.3) is 0 Å². The number of imide groups is 2. The van der Waals surface area contributed by atoms with Crippen molar-refractivity contribution in [2.75, 3.05) is 0 Å². The van der Waals surface area contributed by atoms with Crippen LogP contribution >= 0.6 is 0 Å². The van der Waals surface area contributed by atoms with Gasteiger partial charge in [0.2, 0.25) is 11.8 Å². The number of nitrogens with one attached hydrogen (secondary N) is 1. The van der Waals surface area contributed by atoms with Gasteiger partial charge in [-0.3, -0.25) is 19.8 Å². The summed E-state index contributed by atoms with van der Waals surface area (Å²) < 4.78 is 24.4. The number of nitrogens with zero attached hydrogens (tertiary/aromatic N) is 1. The zero-order chi connectivity index (χ0) is 10.9. The molecule has 1 atom stereocenters. The van der Waals surface area contributed by atoms with Crippen LogP contribution in [0.1, 0.15) is 13.3 Å². The lowest BCUT2D eigenvalue weighted by atomic mass is 10.2. The molecular formula is C7H8F2N2O3. The summed E-state index contributed by atoms with van der Waals surface area (Å²) in [6.07, 6.45) is -3.39. The summed E-state index contributed by atoms with van der Waals surface area (Å²) in [5.41, 5.74) is 0. The topological polar surface area (TPSA) is 66.5 Å². The van der Waals surface area contributed by atoms with Crippen molar-refractivity contribution in [3.05, 3.63) is 0 Å². The number of hydrogen-bond donors (Lipinski definition) is 1. The first-order valence-electron chi connectivity index (χ1n) is 3.87. The van der Waals surface area contributed by atoms with Gasteiger partial charge in [-0.2, -0.15) is 0 Å². The predicted molar refractivity (Wildman–Crippen MR) is 40.5 cm³/mol. The minimum atomic E-state index is -2.82. The average molecular weight is 206 g/mol. The minimum absolute atomic E-state index is 0.367. The summed E-state index contributed by atoms with van der Waals surface area (Å²) in [4.78, 5) is 33.1. The first-order chi connectivity index (χ1) is 6.43. The number of amides is 4. The molecule has 7 heteroatoms. The van der Waals surface area contributed by atoms with Crippen molar-refractivity contribution in [1.82, 2.24) is 10.2 Å². The summed E-state index contributed by atoms with van der Waals surface area (Å²) in [5.74, 6) is -1.66. The van der Waals surface area contributed by atoms with Gasteiger partial charge in [0.25, 0.3) is 6.43 Å². The summed E-state index contributed by atoms with van der Waals surface area (Å²) in [6, 6.07) is -2.60. The number of alkyl halides is 2. The lowest BCUT2D eigenvalue weighted by Gasteiger charge is -2.29. The molecule has 1 aliphatic heterocycles. The third-order valence-corrected chi connectivity index (χ3v) is 1.82. The molecule has 14 heavy (non-hydrogen) atoms. The van der Waals surface area contributed by atoms with Gasteiger partial charge in [0.05, 0.1) is 6.04 Å². The number of barbiturate groups is 1. The van der Waals surface area contributed by atoms with E-state index in [1.807, 2.05) is 0 Å². The van der Waals surface area contributed by atoms with Gasteiger partial charge in [-0.15, -0.1) is 0 Å². The first-order valence-corrected chi connectivity index (χ1v) is 3.87. The molecule has 1 rings (SSSR count). The molecule has 0 aromatic carbocycles. The quantitative estimate of drug-likeness (QED) is 0.652. The van der Waals surface area contributed by atoms with E-state index in [0.29, 0.717) is 4.90 Å². The van der Waals surface area contributed by atoms with Gasteiger partial charge in [-0.05, 0) is 6.92 Å². The zero-order valence-corrected chi connectivity index (χ0v) is 7.29. The molecule has 0 radical (unpaired) electrons. The third kappa shape index (κ3) is 1.86. The van der Waals surface area contributed by atoms with E-state index in [2.05, 4.69) is 0 Å². The Balaban J connectivity index is 2.82. The third-order valence-electron chi connectivity index (χ3n) is 1.82. The molecule has 0 saturated carbocycles. The minimum Gasteiger partial charge on any atom is -0.277 e. The molecule has 1 unspecified atom stereocenters. The van der Waals surface area contributed by atoms with Gasteiger partial charge in [0.15, 0.2) is 0 Å². The first kappa shape index (κ1) is 10.6. The van der Waals surface area contributed by atoms with Crippen molar-refractivity contribution in [2.24, 2.45) is 0 Å². The normalized spacial score (nSPS) is 20.0. The van der Waals surface area contributed by atoms with Gasteiger partial charge in [-0.1, -0.05) is 0 Å². The molecule has 1 fully saturated rings. The van der Waals surface area contributed by atoms with Crippen LogP contribution in [0, 0.1) is 0 Å². The highest BCUT2D eigenvalue weighted by Gasteiger charge is 2.37. The Morgan fingerprint density at radius 3 is 2.36 bits per heavy atom. The van der Waals surface area contributed by atoms with Gasteiger partial charge < -0.3 is 0 Å². The Kier molecular flexibility index (Phi) is 2.78. The van der Waals surface area contributed by atoms with Gasteiger partial charge in [0, 0.05) is 0 Å². The maximum Gasteiger partial charge on any atom is 0.331 e. The van der Waals surface area contributed by atoms with Crippen LogP contribution < -0.4 is 5.32 Å². The van der Waals surface area contributed by atoms with Crippen molar-refractivity contribution in [3.8, 4) is 0 Å². The lowest BCUT2D eigenvalue weighted by molar-refractivity contribution is -0.139. The van der Waals surface area contributed by atoms with Crippen LogP contribution in [-0.2, 0) is 9.59 Å². The van der Waals surface area contributed by atoms with Crippen molar-refractivity contribution in [2.45, 2.75) is 25.8 Å². The summed E-state index contributed by atoms with van der Waals surface area (Å²) in [5, 5.41) is 1.79. The number of urea groups is 1. The molecule has 0 bridgehead atoms. The Hall–Kier alpha value is -1.53. The van der Waals surface area contributed by atoms with E-state index in [4.69, 9.17) is 0 Å². The second kappa shape index (κ2) is 3.69. The summed E-state index contributed by atoms with van der Waals surface area (Å²) in [7, 11) is 0. The number of carbonyl (C=O) groups excluding carboxylic acids is 3. The van der Waals surface area contributed by atoms with Crippen LogP contribution in [0.15, 0.2) is 0 Å². The van der Waals surface area contributed by atoms with Gasteiger partial charge in [-0.25, -0.2) is 13.6 Å². The molecular weight excluding hydrogens is 198 g/mol. The van der Waals surface area contributed by atoms with E-state index in [1.165, 1.54) is 0 Å². The van der Waals surface area contributed by atoms with Crippen molar-refractivity contribution >= 4 is 17.8 Å². The molecule has 0 aromatic heterocycles. The lowest BCUT2D eigenvalue weighted by Crippen LogP contribution is -2.57. The Morgan fingerprint density at radius 1 is 1.36 bits per heavy atom. The number of halogens is 2. The van der Waals surface area contributed by atoms with Crippen molar-refractivity contribution < 1.29 is 23.2 Å². The highest BCUT2D eigenvalue weighted by atomic mass is 19.3. The molecule has 1 heterocycles. The average Bonchev–Trinajstić information content (AvgIpc) is 2.01.